The minimum Gasteiger partial charge on any atom is -0.269 e. The number of rotatable bonds is 2. The van der Waals surface area contributed by atoms with E-state index in [2.05, 4.69) is 16.5 Å². The quantitative estimate of drug-likeness (QED) is 0.519. The number of benzene rings is 1. The van der Waals surface area contributed by atoms with E-state index in [-0.39, 0.29) is 6.17 Å². The molecule has 0 saturated carbocycles. The number of nitrogens with zero attached hydrogens (tertiary/aromatic N) is 1. The maximum atomic E-state index is 5.78. The Morgan fingerprint density at radius 3 is 2.71 bits per heavy atom. The second kappa shape index (κ2) is 4.20. The molecule has 14 heavy (non-hydrogen) atoms. The molecule has 0 bridgehead atoms. The first-order valence-corrected chi connectivity index (χ1v) is 4.87. The fourth-order valence-electron chi connectivity index (χ4n) is 1.25. The summed E-state index contributed by atoms with van der Waals surface area (Å²) in [4.78, 5) is 0. The van der Waals surface area contributed by atoms with E-state index >= 15 is 0 Å². The van der Waals surface area contributed by atoms with Gasteiger partial charge in [-0.05, 0) is 12.1 Å². The standard InChI is InChI=1S/C8H9ClN4S/c9-7(14)8-10-11-12-13(8)6-4-2-1-3-5-6/h1-5,8,10-12H. The molecule has 74 valence electrons. The second-order valence-corrected chi connectivity index (χ2v) is 3.86. The van der Waals surface area contributed by atoms with Gasteiger partial charge in [-0.15, -0.1) is 0 Å². The van der Waals surface area contributed by atoms with E-state index in [1.54, 1.807) is 0 Å². The summed E-state index contributed by atoms with van der Waals surface area (Å²) in [6.07, 6.45) is -0.228. The number of thiocarbonyl (C=S) groups is 1. The number of halogens is 1. The molecule has 0 radical (unpaired) electrons. The van der Waals surface area contributed by atoms with Crippen molar-refractivity contribution in [1.29, 1.82) is 0 Å². The Morgan fingerprint density at radius 1 is 1.36 bits per heavy atom. The lowest BCUT2D eigenvalue weighted by atomic mass is 10.3. The van der Waals surface area contributed by atoms with Gasteiger partial charge in [-0.1, -0.05) is 42.0 Å². The number of hydrogen-bond acceptors (Lipinski definition) is 5. The van der Waals surface area contributed by atoms with Crippen LogP contribution >= 0.6 is 23.8 Å². The van der Waals surface area contributed by atoms with E-state index in [4.69, 9.17) is 23.8 Å². The molecule has 4 nitrogen and oxygen atoms in total. The molecule has 0 aromatic heterocycles. The molecule has 0 amide bonds. The zero-order valence-electron chi connectivity index (χ0n) is 7.20. The lowest BCUT2D eigenvalue weighted by Gasteiger charge is -2.22. The molecule has 1 fully saturated rings. The van der Waals surface area contributed by atoms with Gasteiger partial charge in [-0.25, -0.2) is 5.43 Å². The Morgan fingerprint density at radius 2 is 2.07 bits per heavy atom. The SMILES string of the molecule is S=C(Cl)C1NNNN1c1ccccc1. The third-order valence-electron chi connectivity index (χ3n) is 1.89. The van der Waals surface area contributed by atoms with Gasteiger partial charge < -0.3 is 0 Å². The van der Waals surface area contributed by atoms with Gasteiger partial charge in [0.25, 0.3) is 0 Å². The van der Waals surface area contributed by atoms with Crippen LogP contribution in [-0.4, -0.2) is 10.5 Å². The highest BCUT2D eigenvalue weighted by Crippen LogP contribution is 2.15. The molecule has 1 unspecified atom stereocenters. The minimum atomic E-state index is -0.228. The van der Waals surface area contributed by atoms with E-state index in [0.717, 1.165) is 5.69 Å². The monoisotopic (exact) mass is 228 g/mol. The summed E-state index contributed by atoms with van der Waals surface area (Å²) in [6, 6.07) is 9.77. The first kappa shape index (κ1) is 9.82. The number of nitrogens with one attached hydrogen (secondary N) is 3. The van der Waals surface area contributed by atoms with Crippen LogP contribution in [-0.2, 0) is 0 Å². The zero-order valence-corrected chi connectivity index (χ0v) is 8.77. The third-order valence-corrected chi connectivity index (χ3v) is 2.32. The first-order valence-electron chi connectivity index (χ1n) is 4.09. The third kappa shape index (κ3) is 1.87. The maximum absolute atomic E-state index is 5.78. The average molecular weight is 229 g/mol. The van der Waals surface area contributed by atoms with Crippen molar-refractivity contribution in [2.75, 3.05) is 5.01 Å². The smallest absolute Gasteiger partial charge is 0.156 e. The molecule has 1 aliphatic heterocycles. The van der Waals surface area contributed by atoms with Crippen LogP contribution in [0.1, 0.15) is 0 Å². The van der Waals surface area contributed by atoms with Crippen molar-refractivity contribution in [1.82, 2.24) is 16.5 Å². The molecule has 0 spiro atoms. The van der Waals surface area contributed by atoms with Gasteiger partial charge in [0.05, 0.1) is 5.69 Å². The first-order chi connectivity index (χ1) is 6.79. The van der Waals surface area contributed by atoms with Crippen molar-refractivity contribution in [2.24, 2.45) is 0 Å². The summed E-state index contributed by atoms with van der Waals surface area (Å²) in [5.74, 6) is 0. The normalized spacial score (nSPS) is 21.2. The summed E-state index contributed by atoms with van der Waals surface area (Å²) in [5.41, 5.74) is 9.54. The largest absolute Gasteiger partial charge is 0.269 e. The van der Waals surface area contributed by atoms with Crippen molar-refractivity contribution < 1.29 is 0 Å². The Kier molecular flexibility index (Phi) is 2.95. The van der Waals surface area contributed by atoms with Crippen LogP contribution in [0, 0.1) is 0 Å². The lowest BCUT2D eigenvalue weighted by Crippen LogP contribution is -2.43. The van der Waals surface area contributed by atoms with Crippen LogP contribution in [0.3, 0.4) is 0 Å². The highest BCUT2D eigenvalue weighted by molar-refractivity contribution is 7.83. The van der Waals surface area contributed by atoms with Crippen LogP contribution in [0.15, 0.2) is 30.3 Å². The average Bonchev–Trinajstić information content (AvgIpc) is 2.67. The predicted molar refractivity (Wildman–Crippen MR) is 60.6 cm³/mol. The molecule has 1 aliphatic rings. The van der Waals surface area contributed by atoms with E-state index in [1.165, 1.54) is 0 Å². The fourth-order valence-corrected chi connectivity index (χ4v) is 1.57. The van der Waals surface area contributed by atoms with E-state index in [1.807, 2.05) is 35.3 Å². The minimum absolute atomic E-state index is 0.228. The Labute approximate surface area is 92.1 Å². The molecule has 6 heteroatoms. The molecule has 3 N–H and O–H groups in total. The Hall–Kier alpha value is -0.720. The molecule has 1 saturated heterocycles. The maximum Gasteiger partial charge on any atom is 0.156 e. The van der Waals surface area contributed by atoms with Gasteiger partial charge >= 0.3 is 0 Å². The van der Waals surface area contributed by atoms with Crippen LogP contribution in [0.2, 0.25) is 0 Å². The number of hydrazine groups is 3. The molecule has 2 rings (SSSR count). The second-order valence-electron chi connectivity index (χ2n) is 2.79. The van der Waals surface area contributed by atoms with Gasteiger partial charge in [-0.3, -0.25) is 5.01 Å². The molecular weight excluding hydrogens is 220 g/mol. The van der Waals surface area contributed by atoms with Crippen molar-refractivity contribution in [3.8, 4) is 0 Å². The highest BCUT2D eigenvalue weighted by Gasteiger charge is 2.26. The lowest BCUT2D eigenvalue weighted by molar-refractivity contribution is 0.577. The van der Waals surface area contributed by atoms with Gasteiger partial charge in [0, 0.05) is 0 Å². The van der Waals surface area contributed by atoms with E-state index in [9.17, 15) is 0 Å². The van der Waals surface area contributed by atoms with Crippen LogP contribution < -0.4 is 21.5 Å². The van der Waals surface area contributed by atoms with Crippen LogP contribution in [0.25, 0.3) is 0 Å². The zero-order chi connectivity index (χ0) is 9.97. The molecular formula is C8H9ClN4S. The van der Waals surface area contributed by atoms with E-state index in [0.29, 0.717) is 4.32 Å². The summed E-state index contributed by atoms with van der Waals surface area (Å²) in [5, 5.41) is 1.81. The topological polar surface area (TPSA) is 39.3 Å². The molecule has 1 aromatic carbocycles. The van der Waals surface area contributed by atoms with Gasteiger partial charge in [0.2, 0.25) is 0 Å². The van der Waals surface area contributed by atoms with Crippen molar-refractivity contribution >= 4 is 33.8 Å². The predicted octanol–water partition coefficient (Wildman–Crippen LogP) is 0.913. The number of hydrogen-bond donors (Lipinski definition) is 3. The van der Waals surface area contributed by atoms with Gasteiger partial charge in [-0.2, -0.15) is 11.1 Å². The summed E-state index contributed by atoms with van der Waals surface area (Å²) < 4.78 is 0.353. The summed E-state index contributed by atoms with van der Waals surface area (Å²) >= 11 is 10.7. The summed E-state index contributed by atoms with van der Waals surface area (Å²) in [6.45, 7) is 0. The van der Waals surface area contributed by atoms with Crippen LogP contribution in [0.5, 0.6) is 0 Å². The van der Waals surface area contributed by atoms with Gasteiger partial charge in [0.15, 0.2) is 6.17 Å². The number of anilines is 1. The highest BCUT2D eigenvalue weighted by atomic mass is 35.5. The Balaban J connectivity index is 2.22. The van der Waals surface area contributed by atoms with Crippen LogP contribution in [0.4, 0.5) is 5.69 Å². The molecule has 1 atom stereocenters. The summed E-state index contributed by atoms with van der Waals surface area (Å²) in [7, 11) is 0. The Bertz CT molecular complexity index is 331. The van der Waals surface area contributed by atoms with Gasteiger partial charge in [0.1, 0.15) is 4.32 Å². The van der Waals surface area contributed by atoms with E-state index < -0.39 is 0 Å². The van der Waals surface area contributed by atoms with Crippen molar-refractivity contribution in [2.45, 2.75) is 6.17 Å². The van der Waals surface area contributed by atoms with Crippen molar-refractivity contribution in [3.05, 3.63) is 30.3 Å². The molecule has 0 aliphatic carbocycles. The fraction of sp³-hybridized carbons (Fsp3) is 0.125. The molecule has 1 aromatic rings. The number of para-hydroxylation sites is 1. The molecule has 1 heterocycles. The van der Waals surface area contributed by atoms with Crippen molar-refractivity contribution in [3.63, 3.8) is 0 Å².